The van der Waals surface area contributed by atoms with Crippen LogP contribution in [0.1, 0.15) is 30.2 Å². The molecule has 0 aliphatic carbocycles. The van der Waals surface area contributed by atoms with Crippen LogP contribution in [0.3, 0.4) is 0 Å². The molecule has 0 spiro atoms. The van der Waals surface area contributed by atoms with Gasteiger partial charge in [0, 0.05) is 6.42 Å². The molecule has 4 atom stereocenters. The highest BCUT2D eigenvalue weighted by atomic mass is 16.6. The van der Waals surface area contributed by atoms with Crippen LogP contribution in [0.15, 0.2) is 6.33 Å². The van der Waals surface area contributed by atoms with Gasteiger partial charge in [-0.2, -0.15) is 0 Å². The number of Topliss-reactive ketones (excluding diaryl/α,β-unsaturated/α-hetero) is 1. The fourth-order valence-corrected chi connectivity index (χ4v) is 1.91. The molecule has 9 nitrogen and oxygen atoms in total. The van der Waals surface area contributed by atoms with E-state index < -0.39 is 30.4 Å². The average Bonchev–Trinajstić information content (AvgIpc) is 2.89. The van der Waals surface area contributed by atoms with E-state index in [0.717, 1.165) is 11.0 Å². The molecular weight excluding hydrogens is 256 g/mol. The smallest absolute Gasteiger partial charge is 0.288 e. The highest BCUT2D eigenvalue weighted by Gasteiger charge is 2.44. The standard InChI is InChI=1S/C10H14N4O5/c1-4(15)2-5-6(16)7(17)10(19-5)14-3-12-9(13-14)8(11)18/h3,5-7,10,16-17H,2H2,1H3,(H2,11,18). The third kappa shape index (κ3) is 2.62. The van der Waals surface area contributed by atoms with Crippen molar-refractivity contribution in [3.63, 3.8) is 0 Å². The topological polar surface area (TPSA) is 141 Å². The summed E-state index contributed by atoms with van der Waals surface area (Å²) in [6, 6.07) is 0. The maximum atomic E-state index is 11.0. The number of nitrogens with zero attached hydrogens (tertiary/aromatic N) is 3. The molecule has 1 fully saturated rings. The van der Waals surface area contributed by atoms with Crippen molar-refractivity contribution in [2.24, 2.45) is 5.73 Å². The van der Waals surface area contributed by atoms with Gasteiger partial charge in [0.05, 0.1) is 6.10 Å². The van der Waals surface area contributed by atoms with E-state index in [1.54, 1.807) is 0 Å². The summed E-state index contributed by atoms with van der Waals surface area (Å²) >= 11 is 0. The number of primary amides is 1. The first-order chi connectivity index (χ1) is 8.90. The molecule has 0 radical (unpaired) electrons. The molecule has 0 bridgehead atoms. The second-order valence-corrected chi connectivity index (χ2v) is 4.36. The number of ketones is 1. The molecule has 0 saturated carbocycles. The summed E-state index contributed by atoms with van der Waals surface area (Å²) in [5, 5.41) is 23.4. The van der Waals surface area contributed by atoms with Gasteiger partial charge in [-0.3, -0.25) is 9.59 Å². The molecule has 1 aliphatic rings. The first kappa shape index (κ1) is 13.6. The van der Waals surface area contributed by atoms with Crippen LogP contribution in [0.5, 0.6) is 0 Å². The maximum absolute atomic E-state index is 11.0. The van der Waals surface area contributed by atoms with Gasteiger partial charge in [0.1, 0.15) is 24.3 Å². The zero-order valence-corrected chi connectivity index (χ0v) is 10.1. The van der Waals surface area contributed by atoms with Crippen molar-refractivity contribution in [1.82, 2.24) is 14.8 Å². The predicted molar refractivity (Wildman–Crippen MR) is 59.8 cm³/mol. The van der Waals surface area contributed by atoms with Gasteiger partial charge in [-0.25, -0.2) is 9.67 Å². The SMILES string of the molecule is CC(=O)CC1OC(n2cnc(C(N)=O)n2)C(O)C1O. The van der Waals surface area contributed by atoms with Gasteiger partial charge in [0.2, 0.25) is 5.82 Å². The number of carbonyl (C=O) groups is 2. The zero-order valence-electron chi connectivity index (χ0n) is 10.1. The third-order valence-corrected chi connectivity index (χ3v) is 2.82. The summed E-state index contributed by atoms with van der Waals surface area (Å²) in [5.41, 5.74) is 5.01. The van der Waals surface area contributed by atoms with Gasteiger partial charge in [-0.05, 0) is 6.92 Å². The molecule has 4 unspecified atom stereocenters. The number of carbonyl (C=O) groups excluding carboxylic acids is 2. The van der Waals surface area contributed by atoms with Gasteiger partial charge in [0.25, 0.3) is 5.91 Å². The van der Waals surface area contributed by atoms with Crippen molar-refractivity contribution in [3.8, 4) is 0 Å². The van der Waals surface area contributed by atoms with Crippen molar-refractivity contribution in [1.29, 1.82) is 0 Å². The van der Waals surface area contributed by atoms with E-state index in [-0.39, 0.29) is 18.0 Å². The van der Waals surface area contributed by atoms with Crippen molar-refractivity contribution in [2.45, 2.75) is 37.9 Å². The molecule has 2 heterocycles. The van der Waals surface area contributed by atoms with E-state index in [1.807, 2.05) is 0 Å². The first-order valence-electron chi connectivity index (χ1n) is 5.62. The lowest BCUT2D eigenvalue weighted by atomic mass is 10.1. The number of ether oxygens (including phenoxy) is 1. The second-order valence-electron chi connectivity index (χ2n) is 4.36. The summed E-state index contributed by atoms with van der Waals surface area (Å²) in [6.45, 7) is 1.36. The molecule has 1 saturated heterocycles. The molecule has 2 rings (SSSR count). The largest absolute Gasteiger partial charge is 0.388 e. The van der Waals surface area contributed by atoms with Gasteiger partial charge >= 0.3 is 0 Å². The van der Waals surface area contributed by atoms with E-state index >= 15 is 0 Å². The zero-order chi connectivity index (χ0) is 14.2. The van der Waals surface area contributed by atoms with Crippen LogP contribution in [0.2, 0.25) is 0 Å². The number of rotatable bonds is 4. The Hall–Kier alpha value is -1.84. The molecule has 104 valence electrons. The summed E-state index contributed by atoms with van der Waals surface area (Å²) in [7, 11) is 0. The molecular formula is C10H14N4O5. The molecule has 4 N–H and O–H groups in total. The fourth-order valence-electron chi connectivity index (χ4n) is 1.91. The summed E-state index contributed by atoms with van der Waals surface area (Å²) in [5.74, 6) is -1.21. The highest BCUT2D eigenvalue weighted by Crippen LogP contribution is 2.30. The summed E-state index contributed by atoms with van der Waals surface area (Å²) in [6.07, 6.45) is -3.18. The number of nitrogens with two attached hydrogens (primary N) is 1. The maximum Gasteiger partial charge on any atom is 0.288 e. The molecule has 1 amide bonds. The quantitative estimate of drug-likeness (QED) is 0.573. The molecule has 9 heteroatoms. The summed E-state index contributed by atoms with van der Waals surface area (Å²) < 4.78 is 6.45. The van der Waals surface area contributed by atoms with Crippen molar-refractivity contribution in [3.05, 3.63) is 12.2 Å². The Kier molecular flexibility index (Phi) is 3.60. The Balaban J connectivity index is 2.16. The van der Waals surface area contributed by atoms with Gasteiger partial charge in [0.15, 0.2) is 6.23 Å². The third-order valence-electron chi connectivity index (χ3n) is 2.82. The van der Waals surface area contributed by atoms with Gasteiger partial charge in [-0.1, -0.05) is 0 Å². The number of hydrogen-bond donors (Lipinski definition) is 3. The van der Waals surface area contributed by atoms with E-state index in [9.17, 15) is 19.8 Å². The van der Waals surface area contributed by atoms with Crippen LogP contribution in [-0.2, 0) is 9.53 Å². The molecule has 0 aromatic carbocycles. The lowest BCUT2D eigenvalue weighted by Crippen LogP contribution is -2.32. The monoisotopic (exact) mass is 270 g/mol. The Morgan fingerprint density at radius 3 is 2.68 bits per heavy atom. The minimum Gasteiger partial charge on any atom is -0.388 e. The van der Waals surface area contributed by atoms with Crippen LogP contribution in [0.4, 0.5) is 0 Å². The van der Waals surface area contributed by atoms with Crippen LogP contribution >= 0.6 is 0 Å². The van der Waals surface area contributed by atoms with Crippen molar-refractivity contribution in [2.75, 3.05) is 0 Å². The number of hydrogen-bond acceptors (Lipinski definition) is 7. The van der Waals surface area contributed by atoms with Gasteiger partial charge < -0.3 is 20.7 Å². The van der Waals surface area contributed by atoms with Crippen molar-refractivity contribution < 1.29 is 24.5 Å². The second kappa shape index (κ2) is 5.03. The lowest BCUT2D eigenvalue weighted by Gasteiger charge is -2.13. The predicted octanol–water partition coefficient (Wildman–Crippen LogP) is -2.02. The van der Waals surface area contributed by atoms with E-state index in [0.29, 0.717) is 0 Å². The molecule has 1 aliphatic heterocycles. The van der Waals surface area contributed by atoms with Crippen LogP contribution in [-0.4, -0.2) is 55.0 Å². The molecule has 19 heavy (non-hydrogen) atoms. The Morgan fingerprint density at radius 2 is 2.16 bits per heavy atom. The molecule has 1 aromatic heterocycles. The number of aliphatic hydroxyl groups excluding tert-OH is 2. The minimum absolute atomic E-state index is 0.0217. The Morgan fingerprint density at radius 1 is 1.47 bits per heavy atom. The number of amides is 1. The normalized spacial score (nSPS) is 30.5. The van der Waals surface area contributed by atoms with E-state index in [1.165, 1.54) is 6.92 Å². The number of aliphatic hydroxyl groups is 2. The van der Waals surface area contributed by atoms with Crippen LogP contribution < -0.4 is 5.73 Å². The number of aromatic nitrogens is 3. The lowest BCUT2D eigenvalue weighted by molar-refractivity contribution is -0.121. The average molecular weight is 270 g/mol. The van der Waals surface area contributed by atoms with Gasteiger partial charge in [-0.15, -0.1) is 5.10 Å². The van der Waals surface area contributed by atoms with Crippen LogP contribution in [0, 0.1) is 0 Å². The van der Waals surface area contributed by atoms with Crippen molar-refractivity contribution >= 4 is 11.7 Å². The first-order valence-corrected chi connectivity index (χ1v) is 5.62. The Bertz CT molecular complexity index is 502. The van der Waals surface area contributed by atoms with E-state index in [2.05, 4.69) is 10.1 Å². The molecule has 1 aromatic rings. The van der Waals surface area contributed by atoms with Crippen LogP contribution in [0.25, 0.3) is 0 Å². The fraction of sp³-hybridized carbons (Fsp3) is 0.600. The summed E-state index contributed by atoms with van der Waals surface area (Å²) in [4.78, 5) is 25.5. The Labute approximate surface area is 108 Å². The minimum atomic E-state index is -1.27. The highest BCUT2D eigenvalue weighted by molar-refractivity contribution is 5.88. The van der Waals surface area contributed by atoms with E-state index in [4.69, 9.17) is 10.5 Å².